The van der Waals surface area contributed by atoms with E-state index in [1.807, 2.05) is 7.05 Å². The monoisotopic (exact) mass is 326 g/mol. The highest BCUT2D eigenvalue weighted by Crippen LogP contribution is 2.36. The van der Waals surface area contributed by atoms with Crippen molar-refractivity contribution in [3.8, 4) is 0 Å². The van der Waals surface area contributed by atoms with Gasteiger partial charge >= 0.3 is 0 Å². The molecule has 0 bridgehead atoms. The first-order valence-electron chi connectivity index (χ1n) is 7.68. The number of thioether (sulfide) groups is 1. The molecule has 1 aromatic heterocycles. The molecule has 1 aliphatic heterocycles. The van der Waals surface area contributed by atoms with Crippen molar-refractivity contribution in [3.05, 3.63) is 0 Å². The Labute approximate surface area is 133 Å². The van der Waals surface area contributed by atoms with Crippen molar-refractivity contribution in [1.29, 1.82) is 0 Å². The average Bonchev–Trinajstić information content (AvgIpc) is 3.00. The molecule has 7 heteroatoms. The summed E-state index contributed by atoms with van der Waals surface area (Å²) in [6.07, 6.45) is 6.61. The van der Waals surface area contributed by atoms with Crippen LogP contribution in [0.2, 0.25) is 0 Å². The first kappa shape index (κ1) is 15.1. The summed E-state index contributed by atoms with van der Waals surface area (Å²) in [5, 5.41) is 11.8. The van der Waals surface area contributed by atoms with Gasteiger partial charge in [-0.1, -0.05) is 42.4 Å². The van der Waals surface area contributed by atoms with Crippen LogP contribution in [-0.2, 0) is 4.79 Å². The van der Waals surface area contributed by atoms with Crippen LogP contribution in [0.5, 0.6) is 0 Å². The van der Waals surface area contributed by atoms with Crippen LogP contribution in [-0.4, -0.2) is 46.9 Å². The number of fused-ring (bicyclic) bond motifs is 1. The Kier molecular flexibility index (Phi) is 5.00. The molecule has 0 unspecified atom stereocenters. The van der Waals surface area contributed by atoms with Crippen molar-refractivity contribution in [2.75, 3.05) is 31.2 Å². The highest BCUT2D eigenvalue weighted by molar-refractivity contribution is 8.01. The van der Waals surface area contributed by atoms with E-state index in [-0.39, 0.29) is 5.91 Å². The van der Waals surface area contributed by atoms with Crippen molar-refractivity contribution in [1.82, 2.24) is 15.1 Å². The maximum atomic E-state index is 12.4. The largest absolute Gasteiger partial charge is 0.363 e. The van der Waals surface area contributed by atoms with Crippen molar-refractivity contribution >= 4 is 34.1 Å². The van der Waals surface area contributed by atoms with Crippen LogP contribution in [0.15, 0.2) is 4.34 Å². The Morgan fingerprint density at radius 1 is 1.33 bits per heavy atom. The van der Waals surface area contributed by atoms with E-state index in [0.717, 1.165) is 34.4 Å². The minimum absolute atomic E-state index is 0.255. The SMILES string of the molecule is CNc1nnc(SCC(=O)N2CC[C@@H]3CCCC[C@H]3C2)s1. The van der Waals surface area contributed by atoms with Gasteiger partial charge in [0.25, 0.3) is 0 Å². The average molecular weight is 326 g/mol. The smallest absolute Gasteiger partial charge is 0.233 e. The topological polar surface area (TPSA) is 58.1 Å². The van der Waals surface area contributed by atoms with E-state index < -0.39 is 0 Å². The Balaban J connectivity index is 1.49. The van der Waals surface area contributed by atoms with Gasteiger partial charge in [0.2, 0.25) is 11.0 Å². The number of nitrogens with zero attached hydrogens (tertiary/aromatic N) is 3. The van der Waals surface area contributed by atoms with Crippen LogP contribution in [0.1, 0.15) is 32.1 Å². The molecule has 2 fully saturated rings. The minimum atomic E-state index is 0.255. The fourth-order valence-electron chi connectivity index (χ4n) is 3.41. The van der Waals surface area contributed by atoms with Crippen molar-refractivity contribution in [2.45, 2.75) is 36.4 Å². The van der Waals surface area contributed by atoms with E-state index in [1.165, 1.54) is 55.2 Å². The highest BCUT2D eigenvalue weighted by atomic mass is 32.2. The Hall–Kier alpha value is -0.820. The summed E-state index contributed by atoms with van der Waals surface area (Å²) in [4.78, 5) is 14.4. The molecule has 1 saturated carbocycles. The second kappa shape index (κ2) is 6.96. The van der Waals surface area contributed by atoms with Crippen molar-refractivity contribution in [3.63, 3.8) is 0 Å². The number of aromatic nitrogens is 2. The number of likely N-dealkylation sites (tertiary alicyclic amines) is 1. The second-order valence-electron chi connectivity index (χ2n) is 5.84. The van der Waals surface area contributed by atoms with E-state index in [9.17, 15) is 4.79 Å². The Morgan fingerprint density at radius 3 is 2.90 bits per heavy atom. The zero-order valence-electron chi connectivity index (χ0n) is 12.4. The maximum absolute atomic E-state index is 12.4. The number of nitrogens with one attached hydrogen (secondary N) is 1. The number of piperidine rings is 1. The molecule has 1 aliphatic carbocycles. The molecule has 0 aromatic carbocycles. The number of amides is 1. The minimum Gasteiger partial charge on any atom is -0.363 e. The lowest BCUT2D eigenvalue weighted by atomic mass is 9.75. The molecule has 21 heavy (non-hydrogen) atoms. The van der Waals surface area contributed by atoms with Gasteiger partial charge in [-0.3, -0.25) is 4.79 Å². The fraction of sp³-hybridized carbons (Fsp3) is 0.786. The standard InChI is InChI=1S/C14H22N4OS2/c1-15-13-16-17-14(21-13)20-9-12(19)18-7-6-10-4-2-3-5-11(10)8-18/h10-11H,2-9H2,1H3,(H,15,16)/t10-,11-/m0/s1. The Bertz CT molecular complexity index is 493. The molecule has 1 aromatic rings. The maximum Gasteiger partial charge on any atom is 0.233 e. The fourth-order valence-corrected chi connectivity index (χ4v) is 5.02. The number of hydrogen-bond donors (Lipinski definition) is 1. The summed E-state index contributed by atoms with van der Waals surface area (Å²) in [7, 11) is 1.83. The van der Waals surface area contributed by atoms with Crippen LogP contribution < -0.4 is 5.32 Å². The lowest BCUT2D eigenvalue weighted by Gasteiger charge is -2.41. The predicted molar refractivity (Wildman–Crippen MR) is 86.8 cm³/mol. The molecule has 2 aliphatic rings. The molecular formula is C14H22N4OS2. The second-order valence-corrected chi connectivity index (χ2v) is 8.04. The molecule has 116 valence electrons. The van der Waals surface area contributed by atoms with Gasteiger partial charge < -0.3 is 10.2 Å². The number of rotatable bonds is 4. The summed E-state index contributed by atoms with van der Waals surface area (Å²) in [5.41, 5.74) is 0. The van der Waals surface area contributed by atoms with Gasteiger partial charge in [-0.25, -0.2) is 0 Å². The van der Waals surface area contributed by atoms with Gasteiger partial charge in [0.1, 0.15) is 0 Å². The molecule has 1 saturated heterocycles. The van der Waals surface area contributed by atoms with Gasteiger partial charge in [-0.2, -0.15) is 0 Å². The zero-order chi connectivity index (χ0) is 14.7. The summed E-state index contributed by atoms with van der Waals surface area (Å²) in [6.45, 7) is 1.92. The zero-order valence-corrected chi connectivity index (χ0v) is 14.0. The molecule has 1 N–H and O–H groups in total. The van der Waals surface area contributed by atoms with Crippen LogP contribution >= 0.6 is 23.1 Å². The highest BCUT2D eigenvalue weighted by Gasteiger charge is 2.32. The number of carbonyl (C=O) groups is 1. The van der Waals surface area contributed by atoms with Crippen LogP contribution in [0.3, 0.4) is 0 Å². The van der Waals surface area contributed by atoms with Crippen molar-refractivity contribution in [2.24, 2.45) is 11.8 Å². The normalized spacial score (nSPS) is 25.5. The van der Waals surface area contributed by atoms with E-state index in [1.54, 1.807) is 0 Å². The van der Waals surface area contributed by atoms with E-state index in [4.69, 9.17) is 0 Å². The van der Waals surface area contributed by atoms with Crippen LogP contribution in [0.4, 0.5) is 5.13 Å². The molecule has 1 amide bonds. The third-order valence-electron chi connectivity index (χ3n) is 4.58. The predicted octanol–water partition coefficient (Wildman–Crippen LogP) is 2.71. The number of anilines is 1. The molecule has 3 rings (SSSR count). The van der Waals surface area contributed by atoms with Crippen LogP contribution in [0, 0.1) is 11.8 Å². The number of hydrogen-bond acceptors (Lipinski definition) is 6. The van der Waals surface area contributed by atoms with Gasteiger partial charge in [-0.15, -0.1) is 10.2 Å². The van der Waals surface area contributed by atoms with Gasteiger partial charge in [-0.05, 0) is 24.7 Å². The van der Waals surface area contributed by atoms with Gasteiger partial charge in [0, 0.05) is 20.1 Å². The quantitative estimate of drug-likeness (QED) is 0.862. The molecule has 2 heterocycles. The number of carbonyl (C=O) groups excluding carboxylic acids is 1. The lowest BCUT2D eigenvalue weighted by Crippen LogP contribution is -2.45. The lowest BCUT2D eigenvalue weighted by molar-refractivity contribution is -0.131. The van der Waals surface area contributed by atoms with E-state index in [2.05, 4.69) is 20.4 Å². The van der Waals surface area contributed by atoms with Crippen LogP contribution in [0.25, 0.3) is 0 Å². The van der Waals surface area contributed by atoms with Gasteiger partial charge in [0.15, 0.2) is 4.34 Å². The molecular weight excluding hydrogens is 304 g/mol. The first-order chi connectivity index (χ1) is 10.3. The van der Waals surface area contributed by atoms with Gasteiger partial charge in [0.05, 0.1) is 5.75 Å². The summed E-state index contributed by atoms with van der Waals surface area (Å²) < 4.78 is 0.861. The molecule has 5 nitrogen and oxygen atoms in total. The van der Waals surface area contributed by atoms with Crippen molar-refractivity contribution < 1.29 is 4.79 Å². The first-order valence-corrected chi connectivity index (χ1v) is 9.48. The third kappa shape index (κ3) is 3.69. The molecule has 0 radical (unpaired) electrons. The van der Waals surface area contributed by atoms with E-state index in [0.29, 0.717) is 5.75 Å². The summed E-state index contributed by atoms with van der Waals surface area (Å²) in [6, 6.07) is 0. The molecule has 2 atom stereocenters. The van der Waals surface area contributed by atoms with E-state index >= 15 is 0 Å². The third-order valence-corrected chi connectivity index (χ3v) is 6.64. The molecule has 0 spiro atoms. The summed E-state index contributed by atoms with van der Waals surface area (Å²) in [5.74, 6) is 2.36. The summed E-state index contributed by atoms with van der Waals surface area (Å²) >= 11 is 3.00. The Morgan fingerprint density at radius 2 is 2.14 bits per heavy atom.